The molecule has 7 rings (SSSR count). The number of nitrogens with one attached hydrogen (secondary N) is 1. The van der Waals surface area contributed by atoms with Gasteiger partial charge in [-0.2, -0.15) is 0 Å². The van der Waals surface area contributed by atoms with E-state index in [1.54, 1.807) is 6.07 Å². The Hall–Kier alpha value is -2.30. The number of rotatable bonds is 5. The summed E-state index contributed by atoms with van der Waals surface area (Å²) in [5.74, 6) is 5.03. The number of anilines is 1. The molecule has 8 nitrogen and oxygen atoms in total. The minimum absolute atomic E-state index is 0.0693. The van der Waals surface area contributed by atoms with E-state index >= 15 is 0 Å². The second-order valence-electron chi connectivity index (χ2n) is 17.6. The fourth-order valence-electron chi connectivity index (χ4n) is 10.5. The number of hydrogen-bond acceptors (Lipinski definition) is 7. The van der Waals surface area contributed by atoms with E-state index in [-0.39, 0.29) is 28.4 Å². The van der Waals surface area contributed by atoms with Crippen molar-refractivity contribution in [1.82, 2.24) is 14.5 Å². The summed E-state index contributed by atoms with van der Waals surface area (Å²) < 4.78 is 23.6. The number of amides is 1. The van der Waals surface area contributed by atoms with Crippen LogP contribution in [0.2, 0.25) is 5.02 Å². The first-order valence-corrected chi connectivity index (χ1v) is 22.6. The lowest BCUT2D eigenvalue weighted by molar-refractivity contribution is -0.109. The van der Waals surface area contributed by atoms with Crippen molar-refractivity contribution in [1.29, 1.82) is 0 Å². The number of aliphatic hydroxyl groups is 1. The van der Waals surface area contributed by atoms with Crippen LogP contribution in [0.25, 0.3) is 0 Å². The Morgan fingerprint density at radius 1 is 1.08 bits per heavy atom. The minimum Gasteiger partial charge on any atom is -0.490 e. The Morgan fingerprint density at radius 2 is 1.87 bits per heavy atom. The number of fused-ring (bicyclic) bond motifs is 4. The number of benzene rings is 2. The molecule has 1 saturated carbocycles. The number of ether oxygens (including phenoxy) is 1. The number of likely N-dealkylation sites (tertiary alicyclic amines) is 1. The van der Waals surface area contributed by atoms with Gasteiger partial charge in [0, 0.05) is 46.9 Å². The smallest absolute Gasteiger partial charge is 0.262 e. The van der Waals surface area contributed by atoms with Gasteiger partial charge in [0.05, 0.1) is 27.6 Å². The maximum absolute atomic E-state index is 14.0. The van der Waals surface area contributed by atoms with Gasteiger partial charge in [-0.15, -0.1) is 0 Å². The lowest BCUT2D eigenvalue weighted by atomic mass is 9.62. The van der Waals surface area contributed by atoms with E-state index in [0.29, 0.717) is 37.1 Å². The molecule has 1 unspecified atom stereocenters. The molecule has 2 aromatic rings. The van der Waals surface area contributed by atoms with Crippen LogP contribution in [0.4, 0.5) is 5.69 Å². The Bertz CT molecular complexity index is 1750. The van der Waals surface area contributed by atoms with E-state index in [4.69, 9.17) is 16.3 Å². The third kappa shape index (κ3) is 8.03. The molecular formula is C43H63ClN4O4S. The molecule has 1 saturated heterocycles. The molecule has 7 atom stereocenters. The van der Waals surface area contributed by atoms with E-state index in [1.807, 2.05) is 25.1 Å². The number of β-amino-alcohol motifs (C(OH)–C–C–N with tert-alkyl or cyclic N) is 1. The highest BCUT2D eigenvalue weighted by Gasteiger charge is 2.49. The molecule has 0 radical (unpaired) electrons. The van der Waals surface area contributed by atoms with Crippen molar-refractivity contribution in [3.8, 4) is 5.75 Å². The Morgan fingerprint density at radius 3 is 2.60 bits per heavy atom. The zero-order valence-electron chi connectivity index (χ0n) is 32.6. The second kappa shape index (κ2) is 15.7. The van der Waals surface area contributed by atoms with Crippen LogP contribution < -0.4 is 14.4 Å². The molecule has 10 heteroatoms. The van der Waals surface area contributed by atoms with Crippen molar-refractivity contribution < 1.29 is 18.8 Å². The van der Waals surface area contributed by atoms with Crippen LogP contribution in [0.15, 0.2) is 36.4 Å². The van der Waals surface area contributed by atoms with Crippen LogP contribution in [0.5, 0.6) is 5.75 Å². The molecule has 0 aromatic heterocycles. The Labute approximate surface area is 324 Å². The first-order valence-electron chi connectivity index (χ1n) is 20.4. The number of nitrogens with zero attached hydrogens (tertiary/aromatic N) is 3. The summed E-state index contributed by atoms with van der Waals surface area (Å²) in [7, 11) is -0.683. The highest BCUT2D eigenvalue weighted by Crippen LogP contribution is 2.49. The van der Waals surface area contributed by atoms with Crippen LogP contribution >= 0.6 is 11.6 Å². The van der Waals surface area contributed by atoms with Crippen LogP contribution in [0, 0.1) is 17.8 Å². The number of piperidine rings is 1. The number of halogens is 1. The van der Waals surface area contributed by atoms with Crippen LogP contribution in [-0.2, 0) is 21.5 Å². The van der Waals surface area contributed by atoms with E-state index < -0.39 is 15.3 Å². The fourth-order valence-corrected chi connectivity index (χ4v) is 12.2. The normalized spacial score (nSPS) is 34.4. The zero-order chi connectivity index (χ0) is 37.5. The zero-order valence-corrected chi connectivity index (χ0v) is 34.2. The topological polar surface area (TPSA) is 85.3 Å². The van der Waals surface area contributed by atoms with Gasteiger partial charge in [0.2, 0.25) is 0 Å². The molecule has 2 aromatic carbocycles. The molecule has 3 heterocycles. The highest BCUT2D eigenvalue weighted by atomic mass is 35.5. The second-order valence-corrected chi connectivity index (χ2v) is 20.4. The molecule has 53 heavy (non-hydrogen) atoms. The van der Waals surface area contributed by atoms with Crippen molar-refractivity contribution in [2.24, 2.45) is 17.8 Å². The van der Waals surface area contributed by atoms with Gasteiger partial charge in [0.1, 0.15) is 5.75 Å². The maximum atomic E-state index is 14.0. The van der Waals surface area contributed by atoms with E-state index in [9.17, 15) is 14.1 Å². The third-order valence-corrected chi connectivity index (χ3v) is 16.5. The summed E-state index contributed by atoms with van der Waals surface area (Å²) in [4.78, 5) is 21.3. The van der Waals surface area contributed by atoms with Gasteiger partial charge in [0.15, 0.2) is 0 Å². The van der Waals surface area contributed by atoms with Crippen LogP contribution in [0.1, 0.15) is 106 Å². The summed E-state index contributed by atoms with van der Waals surface area (Å²) in [6, 6.07) is 12.6. The quantitative estimate of drug-likeness (QED) is 0.319. The number of carbonyl (C=O) groups excluding carboxylic acids is 1. The lowest BCUT2D eigenvalue weighted by Gasteiger charge is -2.52. The van der Waals surface area contributed by atoms with Crippen LogP contribution in [-0.4, -0.2) is 101 Å². The van der Waals surface area contributed by atoms with Gasteiger partial charge in [-0.1, -0.05) is 37.9 Å². The summed E-state index contributed by atoms with van der Waals surface area (Å²) in [5.41, 5.74) is 2.90. The molecule has 292 valence electrons. The summed E-state index contributed by atoms with van der Waals surface area (Å²) in [6.45, 7) is 12.2. The van der Waals surface area contributed by atoms with Gasteiger partial charge < -0.3 is 24.5 Å². The van der Waals surface area contributed by atoms with Gasteiger partial charge >= 0.3 is 0 Å². The SMILES string of the molecule is C=S1(=O)NC(=O)c2ccc3c(c2)N(C[C@@H]2CC[C@H]2[C@@](O)(CN2CCC(N(C)CCC)CC2)CCC[C@H](C)[C@H]1C)C[C@@]1(CCCc2cc(Cl)ccc21)CO3. The number of hydrogen-bond donors (Lipinski definition) is 2. The molecular weight excluding hydrogens is 704 g/mol. The predicted octanol–water partition coefficient (Wildman–Crippen LogP) is 6.95. The maximum Gasteiger partial charge on any atom is 0.262 e. The van der Waals surface area contributed by atoms with Crippen molar-refractivity contribution in [3.63, 3.8) is 0 Å². The van der Waals surface area contributed by atoms with Crippen molar-refractivity contribution in [2.45, 2.75) is 114 Å². The molecule has 3 aliphatic heterocycles. The monoisotopic (exact) mass is 766 g/mol. The van der Waals surface area contributed by atoms with Gasteiger partial charge in [0.25, 0.3) is 5.91 Å². The molecule has 2 bridgehead atoms. The van der Waals surface area contributed by atoms with Crippen molar-refractivity contribution in [2.75, 3.05) is 57.8 Å². The Kier molecular flexibility index (Phi) is 11.5. The van der Waals surface area contributed by atoms with Crippen LogP contribution in [0.3, 0.4) is 0 Å². The largest absolute Gasteiger partial charge is 0.490 e. The van der Waals surface area contributed by atoms with E-state index in [2.05, 4.69) is 58.3 Å². The summed E-state index contributed by atoms with van der Waals surface area (Å²) in [6.07, 6.45) is 11.0. The standard InChI is InChI=1S/C43H63ClN4O4S/c1-6-21-46(4)36-17-22-47(23-18-36)28-43(50)20-7-9-30(2)31(3)53(5,51)45-41(49)33-12-16-40-39(25-33)48(26-34-11-14-38(34)43)27-42(29-52-40)19-8-10-32-24-35(44)13-15-37(32)42/h12-13,15-16,24-25,30-31,34,36,38,50H,5-11,14,17-23,26-29H2,1-4H3,(H,45,49,51)/t30-,31+,34-,38+,42-,43-,53?/m0/s1. The van der Waals surface area contributed by atoms with Crippen molar-refractivity contribution in [3.05, 3.63) is 58.1 Å². The summed E-state index contributed by atoms with van der Waals surface area (Å²) in [5, 5.41) is 13.4. The number of carbonyl (C=O) groups is 1. The van der Waals surface area contributed by atoms with Gasteiger partial charge in [-0.25, -0.2) is 4.21 Å². The summed E-state index contributed by atoms with van der Waals surface area (Å²) >= 11 is 6.51. The predicted molar refractivity (Wildman–Crippen MR) is 219 cm³/mol. The average molecular weight is 768 g/mol. The Balaban J connectivity index is 1.23. The highest BCUT2D eigenvalue weighted by molar-refractivity contribution is 7.99. The minimum atomic E-state index is -2.94. The first kappa shape index (κ1) is 39.0. The molecule has 2 aliphatic carbocycles. The van der Waals surface area contributed by atoms with Crippen molar-refractivity contribution >= 4 is 38.8 Å². The molecule has 1 spiro atoms. The van der Waals surface area contributed by atoms with E-state index in [1.165, 1.54) is 17.5 Å². The molecule has 5 aliphatic rings. The lowest BCUT2D eigenvalue weighted by Crippen LogP contribution is -2.58. The molecule has 1 amide bonds. The number of aryl methyl sites for hydroxylation is 1. The molecule has 2 fully saturated rings. The first-order chi connectivity index (χ1) is 25.3. The fraction of sp³-hybridized carbons (Fsp3) is 0.674. The van der Waals surface area contributed by atoms with Gasteiger partial charge in [-0.05, 0) is 163 Å². The third-order valence-electron chi connectivity index (χ3n) is 14.1. The van der Waals surface area contributed by atoms with Gasteiger partial charge in [-0.3, -0.25) is 9.52 Å². The average Bonchev–Trinajstić information content (AvgIpc) is 3.26. The van der Waals surface area contributed by atoms with E-state index in [0.717, 1.165) is 107 Å². The molecule has 2 N–H and O–H groups in total.